The highest BCUT2D eigenvalue weighted by molar-refractivity contribution is 5.92. The van der Waals surface area contributed by atoms with Gasteiger partial charge < -0.3 is 19.5 Å². The molecule has 216 valence electrons. The molecule has 4 rings (SSSR count). The van der Waals surface area contributed by atoms with Gasteiger partial charge >= 0.3 is 12.2 Å². The third kappa shape index (κ3) is 8.33. The molecule has 41 heavy (non-hydrogen) atoms. The van der Waals surface area contributed by atoms with Crippen LogP contribution in [0.25, 0.3) is 22.0 Å². The van der Waals surface area contributed by atoms with Crippen molar-refractivity contribution in [2.45, 2.75) is 72.1 Å². The van der Waals surface area contributed by atoms with Crippen LogP contribution in [0.2, 0.25) is 0 Å². The van der Waals surface area contributed by atoms with Crippen molar-refractivity contribution in [1.29, 1.82) is 0 Å². The van der Waals surface area contributed by atoms with Gasteiger partial charge in [-0.05, 0) is 95.8 Å². The van der Waals surface area contributed by atoms with Crippen LogP contribution in [0.3, 0.4) is 0 Å². The summed E-state index contributed by atoms with van der Waals surface area (Å²) in [5.41, 5.74) is 3.20. The van der Waals surface area contributed by atoms with Crippen molar-refractivity contribution in [2.24, 2.45) is 0 Å². The fraction of sp³-hybridized carbons (Fsp3) is 0.364. The maximum Gasteiger partial charge on any atom is 0.435 e. The summed E-state index contributed by atoms with van der Waals surface area (Å²) >= 11 is 0. The topological polar surface area (TPSA) is 91.7 Å². The molecule has 0 radical (unpaired) electrons. The molecule has 0 aliphatic rings. The maximum atomic E-state index is 12.7. The van der Waals surface area contributed by atoms with E-state index in [-0.39, 0.29) is 12.6 Å². The molecule has 8 heteroatoms. The Balaban J connectivity index is 1.52. The first-order valence-corrected chi connectivity index (χ1v) is 13.8. The van der Waals surface area contributed by atoms with Crippen molar-refractivity contribution in [3.05, 3.63) is 84.1 Å². The second-order valence-electron chi connectivity index (χ2n) is 12.1. The lowest BCUT2D eigenvalue weighted by atomic mass is 10.0. The zero-order valence-electron chi connectivity index (χ0n) is 24.9. The van der Waals surface area contributed by atoms with Crippen LogP contribution in [0.1, 0.15) is 52.8 Å². The van der Waals surface area contributed by atoms with Crippen LogP contribution in [0.15, 0.2) is 72.8 Å². The number of aryl methyl sites for hydroxylation is 1. The van der Waals surface area contributed by atoms with E-state index < -0.39 is 23.4 Å². The minimum atomic E-state index is -0.619. The number of nitrogens with one attached hydrogen (secondary N) is 1. The molecule has 0 saturated carbocycles. The molecule has 3 aromatic carbocycles. The molecular formula is C33H39N3O5. The van der Waals surface area contributed by atoms with E-state index in [1.807, 2.05) is 121 Å². The molecule has 0 fully saturated rings. The van der Waals surface area contributed by atoms with Gasteiger partial charge in [0.25, 0.3) is 0 Å². The standard InChI is InChI=1S/C33H39N3O5/c1-22-28-20-25(16-17-29(28)36(35-22)31(38)41-33(5,6)7)24-14-11-15-27(19-24)39-21-26(18-23-12-9-8-10-13-23)34-30(37)40-32(2,3)4/h8-17,19-20,26H,18,21H2,1-7H3,(H,34,37)/t26-/m1/s1. The van der Waals surface area contributed by atoms with Crippen LogP contribution in [-0.4, -0.2) is 45.8 Å². The molecule has 0 aliphatic carbocycles. The lowest BCUT2D eigenvalue weighted by Crippen LogP contribution is -2.43. The molecule has 4 aromatic rings. The third-order valence-electron chi connectivity index (χ3n) is 6.10. The number of rotatable bonds is 7. The Kier molecular flexibility index (Phi) is 8.71. The summed E-state index contributed by atoms with van der Waals surface area (Å²) in [4.78, 5) is 25.2. The Morgan fingerprint density at radius 2 is 1.54 bits per heavy atom. The maximum absolute atomic E-state index is 12.7. The smallest absolute Gasteiger partial charge is 0.435 e. The summed E-state index contributed by atoms with van der Waals surface area (Å²) in [7, 11) is 0. The molecule has 0 aliphatic heterocycles. The SMILES string of the molecule is Cc1nn(C(=O)OC(C)(C)C)c2ccc(-c3cccc(OC[C@@H](Cc4ccccc4)NC(=O)OC(C)(C)C)c3)cc12. The largest absolute Gasteiger partial charge is 0.491 e. The Hall–Kier alpha value is -4.33. The highest BCUT2D eigenvalue weighted by Crippen LogP contribution is 2.29. The van der Waals surface area contributed by atoms with Crippen molar-refractivity contribution in [2.75, 3.05) is 6.61 Å². The zero-order valence-corrected chi connectivity index (χ0v) is 24.9. The fourth-order valence-corrected chi connectivity index (χ4v) is 4.38. The Labute approximate surface area is 241 Å². The van der Waals surface area contributed by atoms with Gasteiger partial charge in [-0.25, -0.2) is 9.59 Å². The number of alkyl carbamates (subject to hydrolysis) is 1. The predicted molar refractivity (Wildman–Crippen MR) is 160 cm³/mol. The molecule has 0 unspecified atom stereocenters. The Morgan fingerprint density at radius 3 is 2.22 bits per heavy atom. The van der Waals surface area contributed by atoms with E-state index in [4.69, 9.17) is 14.2 Å². The van der Waals surface area contributed by atoms with Crippen molar-refractivity contribution in [3.8, 4) is 16.9 Å². The van der Waals surface area contributed by atoms with Crippen molar-refractivity contribution in [3.63, 3.8) is 0 Å². The highest BCUT2D eigenvalue weighted by atomic mass is 16.6. The van der Waals surface area contributed by atoms with E-state index in [9.17, 15) is 9.59 Å². The lowest BCUT2D eigenvalue weighted by molar-refractivity contribution is 0.0484. The quantitative estimate of drug-likeness (QED) is 0.256. The van der Waals surface area contributed by atoms with Gasteiger partial charge in [0.1, 0.15) is 23.6 Å². The van der Waals surface area contributed by atoms with Crippen LogP contribution >= 0.6 is 0 Å². The molecular weight excluding hydrogens is 518 g/mol. The normalized spacial score (nSPS) is 12.6. The van der Waals surface area contributed by atoms with Crippen LogP contribution in [-0.2, 0) is 15.9 Å². The third-order valence-corrected chi connectivity index (χ3v) is 6.10. The summed E-state index contributed by atoms with van der Waals surface area (Å²) in [6, 6.07) is 23.3. The molecule has 0 spiro atoms. The van der Waals surface area contributed by atoms with Crippen LogP contribution in [0.4, 0.5) is 9.59 Å². The number of hydrogen-bond acceptors (Lipinski definition) is 6. The molecule has 1 atom stereocenters. The number of ether oxygens (including phenoxy) is 3. The van der Waals surface area contributed by atoms with Crippen molar-refractivity contribution >= 4 is 23.1 Å². The molecule has 0 saturated heterocycles. The minimum absolute atomic E-state index is 0.262. The van der Waals surface area contributed by atoms with Crippen molar-refractivity contribution < 1.29 is 23.8 Å². The number of carbonyl (C=O) groups excluding carboxylic acids is 2. The number of hydrogen-bond donors (Lipinski definition) is 1. The fourth-order valence-electron chi connectivity index (χ4n) is 4.38. The average molecular weight is 558 g/mol. The molecule has 1 N–H and O–H groups in total. The van der Waals surface area contributed by atoms with Gasteiger partial charge in [-0.1, -0.05) is 48.5 Å². The summed E-state index contributed by atoms with van der Waals surface area (Å²) in [5, 5.41) is 8.25. The van der Waals surface area contributed by atoms with Crippen LogP contribution < -0.4 is 10.1 Å². The minimum Gasteiger partial charge on any atom is -0.491 e. The van der Waals surface area contributed by atoms with Gasteiger partial charge in [0.2, 0.25) is 0 Å². The van der Waals surface area contributed by atoms with E-state index >= 15 is 0 Å². The van der Waals surface area contributed by atoms with Gasteiger partial charge in [0, 0.05) is 5.39 Å². The van der Waals surface area contributed by atoms with E-state index in [0.717, 1.165) is 27.8 Å². The summed E-state index contributed by atoms with van der Waals surface area (Å²) in [6.45, 7) is 13.1. The Bertz CT molecular complexity index is 1510. The summed E-state index contributed by atoms with van der Waals surface area (Å²) in [6.07, 6.45) is -0.396. The number of nitrogens with zero attached hydrogens (tertiary/aromatic N) is 2. The van der Waals surface area contributed by atoms with E-state index in [1.165, 1.54) is 4.68 Å². The van der Waals surface area contributed by atoms with E-state index in [1.54, 1.807) is 0 Å². The van der Waals surface area contributed by atoms with E-state index in [2.05, 4.69) is 10.4 Å². The summed E-state index contributed by atoms with van der Waals surface area (Å²) in [5.74, 6) is 0.674. The van der Waals surface area contributed by atoms with Crippen LogP contribution in [0.5, 0.6) is 5.75 Å². The number of benzene rings is 3. The number of carbonyl (C=O) groups is 2. The number of fused-ring (bicyclic) bond motifs is 1. The predicted octanol–water partition coefficient (Wildman–Crippen LogP) is 7.31. The summed E-state index contributed by atoms with van der Waals surface area (Å²) < 4.78 is 18.5. The van der Waals surface area contributed by atoms with Gasteiger partial charge in [-0.3, -0.25) is 0 Å². The lowest BCUT2D eigenvalue weighted by Gasteiger charge is -2.24. The van der Waals surface area contributed by atoms with Crippen LogP contribution in [0, 0.1) is 6.92 Å². The first-order valence-electron chi connectivity index (χ1n) is 13.8. The molecule has 1 aromatic heterocycles. The van der Waals surface area contributed by atoms with Crippen molar-refractivity contribution in [1.82, 2.24) is 15.1 Å². The number of amides is 1. The monoisotopic (exact) mass is 557 g/mol. The van der Waals surface area contributed by atoms with Gasteiger partial charge in [-0.2, -0.15) is 9.78 Å². The first kappa shape index (κ1) is 29.6. The number of aromatic nitrogens is 2. The molecule has 1 heterocycles. The molecule has 8 nitrogen and oxygen atoms in total. The Morgan fingerprint density at radius 1 is 0.854 bits per heavy atom. The van der Waals surface area contributed by atoms with Gasteiger partial charge in [-0.15, -0.1) is 0 Å². The van der Waals surface area contributed by atoms with Gasteiger partial charge in [0.15, 0.2) is 0 Å². The first-order chi connectivity index (χ1) is 19.3. The second kappa shape index (κ2) is 12.0. The molecule has 1 amide bonds. The average Bonchev–Trinajstić information content (AvgIpc) is 3.22. The molecule has 0 bridgehead atoms. The van der Waals surface area contributed by atoms with E-state index in [0.29, 0.717) is 17.7 Å². The second-order valence-corrected chi connectivity index (χ2v) is 12.1. The van der Waals surface area contributed by atoms with Gasteiger partial charge in [0.05, 0.1) is 17.3 Å². The highest BCUT2D eigenvalue weighted by Gasteiger charge is 2.22. The zero-order chi connectivity index (χ0) is 29.8.